The molecule has 1 heterocycles. The minimum absolute atomic E-state index is 0.532. The van der Waals surface area contributed by atoms with E-state index in [2.05, 4.69) is 23.2 Å². The monoisotopic (exact) mass is 180 g/mol. The predicted molar refractivity (Wildman–Crippen MR) is 54.6 cm³/mol. The van der Waals surface area contributed by atoms with Gasteiger partial charge in [-0.05, 0) is 24.1 Å². The lowest BCUT2D eigenvalue weighted by molar-refractivity contribution is 1.11. The third-order valence-electron chi connectivity index (χ3n) is 1.14. The Kier molecular flexibility index (Phi) is 3.80. The molecule has 0 unspecified atom stereocenters. The molecule has 1 rings (SSSR count). The van der Waals surface area contributed by atoms with Crippen LogP contribution in [-0.4, -0.2) is 16.4 Å². The van der Waals surface area contributed by atoms with Gasteiger partial charge in [0.25, 0.3) is 0 Å². The molecule has 0 saturated carbocycles. The van der Waals surface area contributed by atoms with E-state index in [0.717, 1.165) is 5.69 Å². The highest BCUT2D eigenvalue weighted by Gasteiger charge is 1.89. The Morgan fingerprint density at radius 3 is 2.92 bits per heavy atom. The van der Waals surface area contributed by atoms with Gasteiger partial charge in [-0.15, -0.1) is 0 Å². The average molecular weight is 180 g/mol. The lowest BCUT2D eigenvalue weighted by Gasteiger charge is -1.95. The third kappa shape index (κ3) is 3.53. The van der Waals surface area contributed by atoms with Crippen molar-refractivity contribution >= 4 is 18.2 Å². The zero-order chi connectivity index (χ0) is 8.81. The maximum Gasteiger partial charge on any atom is 0.0819 e. The van der Waals surface area contributed by atoms with Crippen molar-refractivity contribution in [3.8, 4) is 0 Å². The van der Waals surface area contributed by atoms with Crippen LogP contribution in [0.15, 0.2) is 28.8 Å². The van der Waals surface area contributed by atoms with Crippen molar-refractivity contribution in [3.63, 3.8) is 0 Å². The number of nitrogens with zero attached hydrogens (tertiary/aromatic N) is 2. The molecule has 64 valence electrons. The average Bonchev–Trinajstić information content (AvgIpc) is 2.05. The smallest absolute Gasteiger partial charge is 0.0819 e. The van der Waals surface area contributed by atoms with Crippen molar-refractivity contribution in [2.24, 2.45) is 4.40 Å². The first-order valence-electron chi connectivity index (χ1n) is 3.89. The zero-order valence-electron chi connectivity index (χ0n) is 7.27. The largest absolute Gasteiger partial charge is 0.255 e. The van der Waals surface area contributed by atoms with Crippen LogP contribution in [0.2, 0.25) is 0 Å². The van der Waals surface area contributed by atoms with Crippen molar-refractivity contribution in [1.82, 2.24) is 4.98 Å². The van der Waals surface area contributed by atoms with E-state index in [1.54, 1.807) is 24.4 Å². The van der Waals surface area contributed by atoms with Gasteiger partial charge in [-0.1, -0.05) is 19.9 Å². The molecule has 2 nitrogen and oxygen atoms in total. The molecule has 0 radical (unpaired) electrons. The second-order valence-electron chi connectivity index (χ2n) is 2.64. The van der Waals surface area contributed by atoms with Gasteiger partial charge in [0.05, 0.1) is 11.9 Å². The van der Waals surface area contributed by atoms with E-state index in [4.69, 9.17) is 0 Å². The van der Waals surface area contributed by atoms with Crippen LogP contribution in [0.25, 0.3) is 0 Å². The fraction of sp³-hybridized carbons (Fsp3) is 0.333. The zero-order valence-corrected chi connectivity index (χ0v) is 8.08. The molecule has 0 aliphatic carbocycles. The summed E-state index contributed by atoms with van der Waals surface area (Å²) in [7, 11) is 0. The summed E-state index contributed by atoms with van der Waals surface area (Å²) < 4.78 is 4.17. The molecule has 3 heteroatoms. The second-order valence-corrected chi connectivity index (χ2v) is 4.01. The molecule has 1 aromatic rings. The summed E-state index contributed by atoms with van der Waals surface area (Å²) in [6, 6.07) is 5.78. The van der Waals surface area contributed by atoms with Crippen molar-refractivity contribution in [1.29, 1.82) is 0 Å². The Bertz CT molecular complexity index is 244. The molecule has 0 aromatic carbocycles. The van der Waals surface area contributed by atoms with Crippen LogP contribution < -0.4 is 0 Å². The van der Waals surface area contributed by atoms with Crippen LogP contribution >= 0.6 is 11.9 Å². The second kappa shape index (κ2) is 4.93. The van der Waals surface area contributed by atoms with Gasteiger partial charge in [0.1, 0.15) is 0 Å². The minimum atomic E-state index is 0.532. The van der Waals surface area contributed by atoms with Crippen molar-refractivity contribution < 1.29 is 0 Å². The van der Waals surface area contributed by atoms with Gasteiger partial charge in [-0.25, -0.2) is 4.40 Å². The quantitative estimate of drug-likeness (QED) is 0.527. The van der Waals surface area contributed by atoms with Gasteiger partial charge >= 0.3 is 0 Å². The molecular weight excluding hydrogens is 168 g/mol. The number of hydrogen-bond acceptors (Lipinski definition) is 3. The summed E-state index contributed by atoms with van der Waals surface area (Å²) in [6.07, 6.45) is 3.55. The number of aromatic nitrogens is 1. The first kappa shape index (κ1) is 9.26. The van der Waals surface area contributed by atoms with Gasteiger partial charge in [0.15, 0.2) is 0 Å². The van der Waals surface area contributed by atoms with E-state index in [1.165, 1.54) is 0 Å². The minimum Gasteiger partial charge on any atom is -0.255 e. The third-order valence-corrected chi connectivity index (χ3v) is 1.79. The molecule has 0 N–H and O–H groups in total. The molecule has 0 atom stereocenters. The van der Waals surface area contributed by atoms with E-state index in [9.17, 15) is 0 Å². The van der Waals surface area contributed by atoms with E-state index in [1.807, 2.05) is 18.2 Å². The Morgan fingerprint density at radius 2 is 2.33 bits per heavy atom. The topological polar surface area (TPSA) is 25.2 Å². The molecule has 0 spiro atoms. The van der Waals surface area contributed by atoms with E-state index >= 15 is 0 Å². The predicted octanol–water partition coefficient (Wildman–Crippen LogP) is 2.56. The molecule has 0 bridgehead atoms. The summed E-state index contributed by atoms with van der Waals surface area (Å²) >= 11 is 1.56. The molecule has 12 heavy (non-hydrogen) atoms. The van der Waals surface area contributed by atoms with Crippen LogP contribution in [-0.2, 0) is 0 Å². The van der Waals surface area contributed by atoms with Crippen molar-refractivity contribution in [2.45, 2.75) is 19.1 Å². The highest BCUT2D eigenvalue weighted by molar-refractivity contribution is 7.98. The normalized spacial score (nSPS) is 11.2. The van der Waals surface area contributed by atoms with Gasteiger partial charge in [-0.3, -0.25) is 4.98 Å². The maximum atomic E-state index is 4.17. The highest BCUT2D eigenvalue weighted by Crippen LogP contribution is 2.09. The summed E-state index contributed by atoms with van der Waals surface area (Å²) in [5.74, 6) is 0. The molecule has 0 amide bonds. The fourth-order valence-corrected chi connectivity index (χ4v) is 1.07. The van der Waals surface area contributed by atoms with E-state index < -0.39 is 0 Å². The van der Waals surface area contributed by atoms with Crippen LogP contribution in [0, 0.1) is 0 Å². The lowest BCUT2D eigenvalue weighted by atomic mass is 10.4. The van der Waals surface area contributed by atoms with E-state index in [0.29, 0.717) is 5.25 Å². The molecular formula is C9H12N2S. The fourth-order valence-electron chi connectivity index (χ4n) is 0.658. The van der Waals surface area contributed by atoms with Gasteiger partial charge in [-0.2, -0.15) is 0 Å². The van der Waals surface area contributed by atoms with Crippen LogP contribution in [0.5, 0.6) is 0 Å². The van der Waals surface area contributed by atoms with Crippen molar-refractivity contribution in [3.05, 3.63) is 30.1 Å². The Labute approximate surface area is 77.3 Å². The summed E-state index contributed by atoms with van der Waals surface area (Å²) in [5, 5.41) is 0.532. The Morgan fingerprint density at radius 1 is 1.50 bits per heavy atom. The van der Waals surface area contributed by atoms with Gasteiger partial charge in [0.2, 0.25) is 0 Å². The number of hydrogen-bond donors (Lipinski definition) is 0. The standard InChI is InChI=1S/C9H12N2S/c1-8(2)12-11-7-9-5-3-4-6-10-9/h3-8H,1-2H3/b11-7+. The maximum absolute atomic E-state index is 4.17. The van der Waals surface area contributed by atoms with Crippen LogP contribution in [0.3, 0.4) is 0 Å². The SMILES string of the molecule is CC(C)S/N=C/c1ccccn1. The molecule has 0 saturated heterocycles. The Hall–Kier alpha value is -0.830. The summed E-state index contributed by atoms with van der Waals surface area (Å²) in [5.41, 5.74) is 0.908. The number of rotatable bonds is 3. The van der Waals surface area contributed by atoms with Gasteiger partial charge < -0.3 is 0 Å². The van der Waals surface area contributed by atoms with Crippen LogP contribution in [0.1, 0.15) is 19.5 Å². The highest BCUT2D eigenvalue weighted by atomic mass is 32.2. The lowest BCUT2D eigenvalue weighted by Crippen LogP contribution is -1.86. The summed E-state index contributed by atoms with van der Waals surface area (Å²) in [6.45, 7) is 4.22. The molecule has 0 fully saturated rings. The molecule has 1 aromatic heterocycles. The Balaban J connectivity index is 2.47. The van der Waals surface area contributed by atoms with Gasteiger partial charge in [0, 0.05) is 11.4 Å². The molecule has 0 aliphatic heterocycles. The first-order valence-corrected chi connectivity index (χ1v) is 4.73. The summed E-state index contributed by atoms with van der Waals surface area (Å²) in [4.78, 5) is 4.11. The molecule has 0 aliphatic rings. The first-order chi connectivity index (χ1) is 5.79. The number of pyridine rings is 1. The van der Waals surface area contributed by atoms with E-state index in [-0.39, 0.29) is 0 Å². The van der Waals surface area contributed by atoms with Crippen LogP contribution in [0.4, 0.5) is 0 Å². The van der Waals surface area contributed by atoms with Crippen molar-refractivity contribution in [2.75, 3.05) is 0 Å².